The number of carboxylic acids is 1. The summed E-state index contributed by atoms with van der Waals surface area (Å²) in [7, 11) is 1.44. The number of rotatable bonds is 6. The van der Waals surface area contributed by atoms with Crippen LogP contribution in [-0.2, 0) is 4.79 Å². The molecule has 0 spiro atoms. The second kappa shape index (κ2) is 7.75. The first-order valence-electron chi connectivity index (χ1n) is 6.31. The Hall–Kier alpha value is -2.75. The van der Waals surface area contributed by atoms with Crippen LogP contribution in [0, 0.1) is 17.2 Å². The minimum atomic E-state index is -0.904. The van der Waals surface area contributed by atoms with E-state index in [1.54, 1.807) is 19.1 Å². The highest BCUT2D eigenvalue weighted by Crippen LogP contribution is 2.25. The molecule has 1 aromatic carbocycles. The average molecular weight is 291 g/mol. The molecule has 1 rings (SSSR count). The number of nitrogens with one attached hydrogen (secondary N) is 2. The van der Waals surface area contributed by atoms with Crippen molar-refractivity contribution in [3.8, 4) is 11.8 Å². The molecule has 0 aromatic heterocycles. The van der Waals surface area contributed by atoms with Crippen LogP contribution >= 0.6 is 0 Å². The smallest absolute Gasteiger partial charge is 0.319 e. The van der Waals surface area contributed by atoms with Crippen LogP contribution in [0.3, 0.4) is 0 Å². The van der Waals surface area contributed by atoms with Crippen LogP contribution in [0.4, 0.5) is 10.5 Å². The van der Waals surface area contributed by atoms with Crippen molar-refractivity contribution >= 4 is 17.7 Å². The van der Waals surface area contributed by atoms with Gasteiger partial charge in [-0.25, -0.2) is 4.79 Å². The molecule has 0 aliphatic rings. The SMILES string of the molecule is COc1cc(C#N)ccc1NC(=O)NCC(C)CC(=O)O. The quantitative estimate of drug-likeness (QED) is 0.740. The zero-order valence-corrected chi connectivity index (χ0v) is 11.8. The van der Waals surface area contributed by atoms with Crippen molar-refractivity contribution in [2.75, 3.05) is 19.0 Å². The van der Waals surface area contributed by atoms with Gasteiger partial charge in [0.05, 0.1) is 24.4 Å². The number of urea groups is 1. The maximum atomic E-state index is 11.7. The molecule has 0 aliphatic heterocycles. The van der Waals surface area contributed by atoms with E-state index in [2.05, 4.69) is 10.6 Å². The number of aliphatic carboxylic acids is 1. The first kappa shape index (κ1) is 16.3. The van der Waals surface area contributed by atoms with Crippen molar-refractivity contribution in [1.82, 2.24) is 5.32 Å². The second-order valence-corrected chi connectivity index (χ2v) is 4.56. The Balaban J connectivity index is 2.59. The number of anilines is 1. The lowest BCUT2D eigenvalue weighted by molar-refractivity contribution is -0.137. The molecule has 1 atom stereocenters. The summed E-state index contributed by atoms with van der Waals surface area (Å²) in [6, 6.07) is 6.16. The fourth-order valence-corrected chi connectivity index (χ4v) is 1.67. The molecule has 112 valence electrons. The number of methoxy groups -OCH3 is 1. The highest BCUT2D eigenvalue weighted by atomic mass is 16.5. The van der Waals surface area contributed by atoms with E-state index < -0.39 is 12.0 Å². The number of carboxylic acid groups (broad SMARTS) is 1. The molecule has 0 radical (unpaired) electrons. The normalized spacial score (nSPS) is 11.1. The summed E-state index contributed by atoms with van der Waals surface area (Å²) in [6.45, 7) is 1.98. The van der Waals surface area contributed by atoms with Gasteiger partial charge in [0.1, 0.15) is 5.75 Å². The Morgan fingerprint density at radius 1 is 1.48 bits per heavy atom. The molecule has 1 unspecified atom stereocenters. The van der Waals surface area contributed by atoms with Gasteiger partial charge < -0.3 is 20.5 Å². The second-order valence-electron chi connectivity index (χ2n) is 4.56. The van der Waals surface area contributed by atoms with Crippen LogP contribution in [0.25, 0.3) is 0 Å². The third-order valence-corrected chi connectivity index (χ3v) is 2.71. The molecule has 0 saturated carbocycles. The van der Waals surface area contributed by atoms with Gasteiger partial charge >= 0.3 is 12.0 Å². The van der Waals surface area contributed by atoms with Gasteiger partial charge in [-0.05, 0) is 18.1 Å². The lowest BCUT2D eigenvalue weighted by atomic mass is 10.1. The van der Waals surface area contributed by atoms with E-state index in [9.17, 15) is 9.59 Å². The number of hydrogen-bond donors (Lipinski definition) is 3. The Kier molecular flexibility index (Phi) is 6.01. The van der Waals surface area contributed by atoms with E-state index >= 15 is 0 Å². The third-order valence-electron chi connectivity index (χ3n) is 2.71. The van der Waals surface area contributed by atoms with Gasteiger partial charge in [0.15, 0.2) is 0 Å². The van der Waals surface area contributed by atoms with Crippen LogP contribution in [0.1, 0.15) is 18.9 Å². The van der Waals surface area contributed by atoms with Crippen molar-refractivity contribution in [2.45, 2.75) is 13.3 Å². The Morgan fingerprint density at radius 2 is 2.19 bits per heavy atom. The molecule has 7 heteroatoms. The number of nitrogens with zero attached hydrogens (tertiary/aromatic N) is 1. The Bertz CT molecular complexity index is 566. The van der Waals surface area contributed by atoms with Crippen LogP contribution < -0.4 is 15.4 Å². The zero-order chi connectivity index (χ0) is 15.8. The minimum absolute atomic E-state index is 0.0134. The van der Waals surface area contributed by atoms with Gasteiger partial charge in [-0.2, -0.15) is 5.26 Å². The summed E-state index contributed by atoms with van der Waals surface area (Å²) in [5.41, 5.74) is 0.854. The van der Waals surface area contributed by atoms with Crippen LogP contribution in [0.2, 0.25) is 0 Å². The molecule has 21 heavy (non-hydrogen) atoms. The first-order chi connectivity index (χ1) is 9.96. The summed E-state index contributed by atoms with van der Waals surface area (Å²) in [5.74, 6) is -0.697. The molecule has 3 N–H and O–H groups in total. The highest BCUT2D eigenvalue weighted by molar-refractivity contribution is 5.91. The zero-order valence-electron chi connectivity index (χ0n) is 11.8. The van der Waals surface area contributed by atoms with Gasteiger partial charge in [0.2, 0.25) is 0 Å². The Morgan fingerprint density at radius 3 is 2.76 bits per heavy atom. The number of amides is 2. The van der Waals surface area contributed by atoms with Crippen LogP contribution in [0.5, 0.6) is 5.75 Å². The topological polar surface area (TPSA) is 111 Å². The van der Waals surface area contributed by atoms with Crippen molar-refractivity contribution < 1.29 is 19.4 Å². The van der Waals surface area contributed by atoms with E-state index in [4.69, 9.17) is 15.1 Å². The Labute approximate surface area is 122 Å². The molecular formula is C14H17N3O4. The summed E-state index contributed by atoms with van der Waals surface area (Å²) in [4.78, 5) is 22.3. The van der Waals surface area contributed by atoms with Crippen molar-refractivity contribution in [1.29, 1.82) is 5.26 Å². The average Bonchev–Trinajstić information content (AvgIpc) is 2.45. The summed E-state index contributed by atoms with van der Waals surface area (Å²) >= 11 is 0. The predicted octanol–water partition coefficient (Wildman–Crippen LogP) is 1.80. The van der Waals surface area contributed by atoms with Crippen molar-refractivity contribution in [3.05, 3.63) is 23.8 Å². The molecular weight excluding hydrogens is 274 g/mol. The largest absolute Gasteiger partial charge is 0.495 e. The third kappa shape index (κ3) is 5.40. The first-order valence-corrected chi connectivity index (χ1v) is 6.31. The molecule has 7 nitrogen and oxygen atoms in total. The van der Waals surface area contributed by atoms with Crippen LogP contribution in [-0.4, -0.2) is 30.8 Å². The van der Waals surface area contributed by atoms with Gasteiger partial charge in [0.25, 0.3) is 0 Å². The lowest BCUT2D eigenvalue weighted by Gasteiger charge is -2.13. The van der Waals surface area contributed by atoms with E-state index in [1.807, 2.05) is 6.07 Å². The molecule has 0 bridgehead atoms. The fraction of sp³-hybridized carbons (Fsp3) is 0.357. The van der Waals surface area contributed by atoms with Gasteiger partial charge in [-0.3, -0.25) is 4.79 Å². The maximum absolute atomic E-state index is 11.7. The number of nitriles is 1. The maximum Gasteiger partial charge on any atom is 0.319 e. The minimum Gasteiger partial charge on any atom is -0.495 e. The number of hydrogen-bond acceptors (Lipinski definition) is 4. The van der Waals surface area contributed by atoms with Crippen molar-refractivity contribution in [2.24, 2.45) is 5.92 Å². The molecule has 0 saturated heterocycles. The van der Waals surface area contributed by atoms with E-state index in [0.29, 0.717) is 17.0 Å². The van der Waals surface area contributed by atoms with Crippen LogP contribution in [0.15, 0.2) is 18.2 Å². The molecule has 2 amide bonds. The molecule has 0 fully saturated rings. The van der Waals surface area contributed by atoms with Gasteiger partial charge in [-0.15, -0.1) is 0 Å². The lowest BCUT2D eigenvalue weighted by Crippen LogP contribution is -2.33. The number of benzene rings is 1. The summed E-state index contributed by atoms with van der Waals surface area (Å²) < 4.78 is 5.10. The standard InChI is InChI=1S/C14H17N3O4/c1-9(5-13(18)19)8-16-14(20)17-11-4-3-10(7-15)6-12(11)21-2/h3-4,6,9H,5,8H2,1-2H3,(H,18,19)(H2,16,17,20). The summed E-state index contributed by atoms with van der Waals surface area (Å²) in [5, 5.41) is 22.6. The summed E-state index contributed by atoms with van der Waals surface area (Å²) in [6.07, 6.45) is -0.0134. The number of carbonyl (C=O) groups is 2. The van der Waals surface area contributed by atoms with E-state index in [-0.39, 0.29) is 18.9 Å². The van der Waals surface area contributed by atoms with Gasteiger partial charge in [-0.1, -0.05) is 6.92 Å². The van der Waals surface area contributed by atoms with E-state index in [1.165, 1.54) is 13.2 Å². The predicted molar refractivity (Wildman–Crippen MR) is 76.1 cm³/mol. The van der Waals surface area contributed by atoms with Crippen molar-refractivity contribution in [3.63, 3.8) is 0 Å². The molecule has 0 aliphatic carbocycles. The number of ether oxygens (including phenoxy) is 1. The monoisotopic (exact) mass is 291 g/mol. The highest BCUT2D eigenvalue weighted by Gasteiger charge is 2.11. The number of carbonyl (C=O) groups excluding carboxylic acids is 1. The molecule has 1 aromatic rings. The van der Waals surface area contributed by atoms with Gasteiger partial charge in [0, 0.05) is 19.0 Å². The fourth-order valence-electron chi connectivity index (χ4n) is 1.67. The van der Waals surface area contributed by atoms with E-state index in [0.717, 1.165) is 0 Å². The molecule has 0 heterocycles.